The van der Waals surface area contributed by atoms with Crippen molar-refractivity contribution in [2.24, 2.45) is 0 Å². The average Bonchev–Trinajstić information content (AvgIpc) is 2.71. The summed E-state index contributed by atoms with van der Waals surface area (Å²) >= 11 is 4.40. The van der Waals surface area contributed by atoms with E-state index in [0.717, 1.165) is 0 Å². The van der Waals surface area contributed by atoms with Crippen LogP contribution in [0.5, 0.6) is 0 Å². The van der Waals surface area contributed by atoms with E-state index in [9.17, 15) is 0 Å². The molecule has 0 aliphatic carbocycles. The van der Waals surface area contributed by atoms with Gasteiger partial charge in [-0.15, -0.1) is 0 Å². The summed E-state index contributed by atoms with van der Waals surface area (Å²) in [7, 11) is 0. The van der Waals surface area contributed by atoms with Crippen LogP contribution >= 0.6 is 4.64 Å². The van der Waals surface area contributed by atoms with Gasteiger partial charge in [-0.25, -0.2) is 0 Å². The van der Waals surface area contributed by atoms with Gasteiger partial charge in [0, 0.05) is 0 Å². The number of pyridine rings is 1. The Labute approximate surface area is 173 Å². The fourth-order valence-electron chi connectivity index (χ4n) is 3.05. The normalized spacial score (nSPS) is 16.4. The molecule has 1 atom stereocenters. The van der Waals surface area contributed by atoms with Gasteiger partial charge in [0.1, 0.15) is 0 Å². The average molecular weight is 502 g/mol. The molecule has 0 spiro atoms. The van der Waals surface area contributed by atoms with E-state index in [1.54, 1.807) is 0 Å². The summed E-state index contributed by atoms with van der Waals surface area (Å²) in [5, 5.41) is 0. The van der Waals surface area contributed by atoms with E-state index in [4.69, 9.17) is 0 Å². The third-order valence-electron chi connectivity index (χ3n) is 5.03. The molecule has 6 heteroatoms. The summed E-state index contributed by atoms with van der Waals surface area (Å²) in [5.74, 6) is 0. The maximum absolute atomic E-state index is 4.16. The van der Waals surface area contributed by atoms with Crippen molar-refractivity contribution in [2.75, 3.05) is 32.0 Å². The van der Waals surface area contributed by atoms with Gasteiger partial charge in [-0.2, -0.15) is 0 Å². The predicted molar refractivity (Wildman–Crippen MR) is 118 cm³/mol. The van der Waals surface area contributed by atoms with Crippen molar-refractivity contribution < 1.29 is 3.50 Å². The number of allylic oxidation sites excluding steroid dienone is 3. The number of hydrogen-bond acceptors (Lipinski definition) is 2. The van der Waals surface area contributed by atoms with Crippen LogP contribution < -0.4 is 4.99 Å². The zero-order chi connectivity index (χ0) is 18.9. The van der Waals surface area contributed by atoms with E-state index in [0.29, 0.717) is 14.7 Å². The molecule has 0 aromatic carbocycles. The second-order valence-corrected chi connectivity index (χ2v) is 24.2. The molecule has 0 fully saturated rings. The molecular weight excluding hydrogens is 471 g/mol. The fraction of sp³-hybridized carbons (Fsp3) is 0.500. The van der Waals surface area contributed by atoms with Crippen LogP contribution in [0.3, 0.4) is 0 Å². The molecule has 26 heavy (non-hydrogen) atoms. The Kier molecular flexibility index (Phi) is 9.24. The number of aliphatic imine (C=N–C) groups is 1. The van der Waals surface area contributed by atoms with Crippen molar-refractivity contribution in [3.05, 3.63) is 54.0 Å². The van der Waals surface area contributed by atoms with Crippen molar-refractivity contribution in [3.63, 3.8) is 0 Å². The first-order valence-corrected chi connectivity index (χ1v) is 16.8. The van der Waals surface area contributed by atoms with E-state index in [2.05, 4.69) is 70.6 Å². The molecule has 3 nitrogen and oxygen atoms in total. The zero-order valence-corrected chi connectivity index (χ0v) is 20.5. The number of quaternary nitrogens is 1. The van der Waals surface area contributed by atoms with Crippen molar-refractivity contribution in [3.8, 4) is 0 Å². The first-order valence-electron chi connectivity index (χ1n) is 9.48. The van der Waals surface area contributed by atoms with Crippen LogP contribution in [0.25, 0.3) is 0 Å². The first-order chi connectivity index (χ1) is 12.5. The molecule has 2 rings (SSSR count). The van der Waals surface area contributed by atoms with Gasteiger partial charge in [-0.05, 0) is 0 Å². The summed E-state index contributed by atoms with van der Waals surface area (Å²) in [6, 6.07) is 4.34. The predicted octanol–water partition coefficient (Wildman–Crippen LogP) is 3.39. The van der Waals surface area contributed by atoms with E-state index in [1.165, 1.54) is 59.4 Å². The monoisotopic (exact) mass is 504 g/mol. The molecule has 2 heterocycles. The first kappa shape index (κ1) is 22.0. The quantitative estimate of drug-likeness (QED) is 0.337. The topological polar surface area (TPSA) is 27.0 Å². The standard InChI is InChI=1S/C20H31N3PSe2/c1-4-23(5-2,6-3)26-24(25,17-11-19-7-13-21-14-8-19)18-12-20-9-15-22-16-10-20/h7-10,13-16H,4-6,11-12,17-18H2,1-3H3/q+2. The van der Waals surface area contributed by atoms with Gasteiger partial charge in [0.15, 0.2) is 0 Å². The third kappa shape index (κ3) is 6.71. The van der Waals surface area contributed by atoms with Crippen LogP contribution in [0.2, 0.25) is 0 Å². The van der Waals surface area contributed by atoms with Crippen molar-refractivity contribution in [1.82, 2.24) is 9.98 Å². The molecule has 0 amide bonds. The van der Waals surface area contributed by atoms with Crippen LogP contribution in [-0.2, 0) is 6.42 Å². The van der Waals surface area contributed by atoms with Crippen LogP contribution in [0.1, 0.15) is 32.8 Å². The molecule has 1 aromatic heterocycles. The third-order valence-corrected chi connectivity index (χ3v) is 19.9. The Morgan fingerprint density at radius 3 is 2.31 bits per heavy atom. The Balaban J connectivity index is 2.11. The Morgan fingerprint density at radius 1 is 1.08 bits per heavy atom. The van der Waals surface area contributed by atoms with Crippen LogP contribution in [0, 0.1) is 0 Å². The number of nitrogens with zero attached hydrogens (tertiary/aromatic N) is 3. The molecule has 1 radical (unpaired) electrons. The van der Waals surface area contributed by atoms with Gasteiger partial charge < -0.3 is 0 Å². The SMILES string of the molecule is CC[N+](CC)(CC)[Se][P+]([Se-])(CCC1=CC=[N+]C=C1)CCc1ccncc1. The van der Waals surface area contributed by atoms with Gasteiger partial charge in [-0.3, -0.25) is 0 Å². The molecule has 1 aliphatic heterocycles. The molecule has 1 unspecified atom stereocenters. The Hall–Kier alpha value is -0.271. The fourth-order valence-corrected chi connectivity index (χ4v) is 19.7. The van der Waals surface area contributed by atoms with Crippen molar-refractivity contribution in [1.29, 1.82) is 0 Å². The number of rotatable bonds is 11. The molecule has 1 aliphatic rings. The molecule has 0 saturated carbocycles. The maximum atomic E-state index is 4.16. The molecule has 1 aromatic rings. The van der Waals surface area contributed by atoms with Gasteiger partial charge in [-0.1, -0.05) is 0 Å². The summed E-state index contributed by atoms with van der Waals surface area (Å²) in [6.07, 6.45) is 17.0. The summed E-state index contributed by atoms with van der Waals surface area (Å²) in [6.45, 7) is 10.9. The number of aromatic nitrogens is 1. The van der Waals surface area contributed by atoms with Crippen molar-refractivity contribution >= 4 is 41.2 Å². The molecule has 141 valence electrons. The van der Waals surface area contributed by atoms with Gasteiger partial charge in [0.2, 0.25) is 0 Å². The molecular formula is C20H31N3PSe2+2. The number of aryl methyl sites for hydroxylation is 1. The Bertz CT molecular complexity index is 633. The second-order valence-electron chi connectivity index (χ2n) is 6.56. The Morgan fingerprint density at radius 2 is 1.73 bits per heavy atom. The minimum absolute atomic E-state index is 0.616. The van der Waals surface area contributed by atoms with E-state index >= 15 is 0 Å². The van der Waals surface area contributed by atoms with Crippen LogP contribution in [-0.4, -0.2) is 77.0 Å². The van der Waals surface area contributed by atoms with E-state index in [1.807, 2.05) is 24.8 Å². The molecule has 0 bridgehead atoms. The zero-order valence-electron chi connectivity index (χ0n) is 16.2. The number of hydrogen-bond donors (Lipinski definition) is 0. The minimum atomic E-state index is -1.10. The van der Waals surface area contributed by atoms with Crippen LogP contribution in [0.15, 0.2) is 48.5 Å². The van der Waals surface area contributed by atoms with Crippen molar-refractivity contribution in [2.45, 2.75) is 33.6 Å². The van der Waals surface area contributed by atoms with Gasteiger partial charge in [0.05, 0.1) is 0 Å². The van der Waals surface area contributed by atoms with E-state index < -0.39 is 4.64 Å². The van der Waals surface area contributed by atoms with Gasteiger partial charge in [0.25, 0.3) is 0 Å². The summed E-state index contributed by atoms with van der Waals surface area (Å²) < 4.78 is 0.190. The summed E-state index contributed by atoms with van der Waals surface area (Å²) in [5.41, 5.74) is 2.84. The van der Waals surface area contributed by atoms with Gasteiger partial charge >= 0.3 is 174 Å². The molecule has 0 saturated heterocycles. The molecule has 0 N–H and O–H groups in total. The summed E-state index contributed by atoms with van der Waals surface area (Å²) in [4.78, 5) is 8.32. The van der Waals surface area contributed by atoms with E-state index in [-0.39, 0.29) is 0 Å². The van der Waals surface area contributed by atoms with Crippen LogP contribution in [0.4, 0.5) is 0 Å². The second kappa shape index (κ2) is 10.9.